The van der Waals surface area contributed by atoms with Crippen molar-refractivity contribution in [2.45, 2.75) is 39.7 Å². The standard InChI is InChI=1S/C23H31N3O3S/c1-18-7-10-22(15-19(18)2)26(30(3,28)29)17-23(27)24-16-20-8-11-21(12-9-20)25-13-5-4-6-14-25/h7-12,15H,4-6,13-14,16-17H2,1-3H3,(H,24,27). The average Bonchev–Trinajstić information content (AvgIpc) is 2.73. The summed E-state index contributed by atoms with van der Waals surface area (Å²) in [4.78, 5) is 14.9. The van der Waals surface area contributed by atoms with E-state index in [-0.39, 0.29) is 12.5 Å². The van der Waals surface area contributed by atoms with Gasteiger partial charge in [0.25, 0.3) is 0 Å². The summed E-state index contributed by atoms with van der Waals surface area (Å²) in [5, 5.41) is 2.84. The van der Waals surface area contributed by atoms with Crippen LogP contribution in [0.2, 0.25) is 0 Å². The van der Waals surface area contributed by atoms with E-state index in [0.717, 1.165) is 40.3 Å². The van der Waals surface area contributed by atoms with Gasteiger partial charge in [-0.15, -0.1) is 0 Å². The molecule has 2 aromatic rings. The lowest BCUT2D eigenvalue weighted by atomic mass is 10.1. The van der Waals surface area contributed by atoms with Crippen LogP contribution >= 0.6 is 0 Å². The maximum atomic E-state index is 12.5. The zero-order chi connectivity index (χ0) is 21.7. The van der Waals surface area contributed by atoms with Crippen LogP contribution in [0.4, 0.5) is 11.4 Å². The lowest BCUT2D eigenvalue weighted by molar-refractivity contribution is -0.119. The van der Waals surface area contributed by atoms with E-state index in [4.69, 9.17) is 0 Å². The molecule has 0 unspecified atom stereocenters. The SMILES string of the molecule is Cc1ccc(N(CC(=O)NCc2ccc(N3CCCCC3)cc2)S(C)(=O)=O)cc1C. The predicted octanol–water partition coefficient (Wildman–Crippen LogP) is 3.38. The fraction of sp³-hybridized carbons (Fsp3) is 0.435. The lowest BCUT2D eigenvalue weighted by Gasteiger charge is -2.28. The number of benzene rings is 2. The lowest BCUT2D eigenvalue weighted by Crippen LogP contribution is -2.40. The second-order valence-corrected chi connectivity index (χ2v) is 9.94. The van der Waals surface area contributed by atoms with Gasteiger partial charge in [0.05, 0.1) is 11.9 Å². The van der Waals surface area contributed by atoms with Crippen LogP contribution in [-0.4, -0.2) is 40.2 Å². The first-order valence-electron chi connectivity index (χ1n) is 10.4. The molecule has 162 valence electrons. The Morgan fingerprint density at radius 1 is 1.00 bits per heavy atom. The first-order valence-corrected chi connectivity index (χ1v) is 12.2. The third kappa shape index (κ3) is 5.75. The van der Waals surface area contributed by atoms with Gasteiger partial charge >= 0.3 is 0 Å². The number of nitrogens with one attached hydrogen (secondary N) is 1. The highest BCUT2D eigenvalue weighted by Gasteiger charge is 2.21. The van der Waals surface area contributed by atoms with Crippen LogP contribution in [0.15, 0.2) is 42.5 Å². The van der Waals surface area contributed by atoms with Gasteiger partial charge in [-0.2, -0.15) is 0 Å². The van der Waals surface area contributed by atoms with Gasteiger partial charge in [0.2, 0.25) is 15.9 Å². The van der Waals surface area contributed by atoms with E-state index in [2.05, 4.69) is 22.3 Å². The zero-order valence-corrected chi connectivity index (χ0v) is 18.8. The molecular formula is C23H31N3O3S. The van der Waals surface area contributed by atoms with Crippen molar-refractivity contribution in [2.75, 3.05) is 35.1 Å². The minimum Gasteiger partial charge on any atom is -0.372 e. The van der Waals surface area contributed by atoms with E-state index in [0.29, 0.717) is 12.2 Å². The number of hydrogen-bond acceptors (Lipinski definition) is 4. The van der Waals surface area contributed by atoms with Crippen molar-refractivity contribution in [2.24, 2.45) is 0 Å². The molecule has 2 aromatic carbocycles. The number of carbonyl (C=O) groups excluding carboxylic acids is 1. The summed E-state index contributed by atoms with van der Waals surface area (Å²) in [6.07, 6.45) is 4.88. The Kier molecular flexibility index (Phi) is 7.02. The van der Waals surface area contributed by atoms with Crippen LogP contribution in [0.1, 0.15) is 36.0 Å². The van der Waals surface area contributed by atoms with Crippen molar-refractivity contribution < 1.29 is 13.2 Å². The summed E-state index contributed by atoms with van der Waals surface area (Å²) in [5.41, 5.74) is 4.76. The van der Waals surface area contributed by atoms with E-state index >= 15 is 0 Å². The number of anilines is 2. The van der Waals surface area contributed by atoms with Crippen LogP contribution in [0.3, 0.4) is 0 Å². The van der Waals surface area contributed by atoms with Gasteiger partial charge in [-0.05, 0) is 74.1 Å². The zero-order valence-electron chi connectivity index (χ0n) is 18.0. The van der Waals surface area contributed by atoms with E-state index in [1.807, 2.05) is 32.0 Å². The van der Waals surface area contributed by atoms with Gasteiger partial charge in [-0.3, -0.25) is 9.10 Å². The first-order chi connectivity index (χ1) is 14.2. The number of sulfonamides is 1. The maximum absolute atomic E-state index is 12.5. The van der Waals surface area contributed by atoms with Crippen molar-refractivity contribution in [3.05, 3.63) is 59.2 Å². The molecule has 0 aromatic heterocycles. The molecule has 1 aliphatic heterocycles. The minimum absolute atomic E-state index is 0.243. The molecule has 6 nitrogen and oxygen atoms in total. The molecule has 0 atom stereocenters. The number of hydrogen-bond donors (Lipinski definition) is 1. The van der Waals surface area contributed by atoms with Gasteiger partial charge in [0, 0.05) is 25.3 Å². The number of nitrogens with zero attached hydrogens (tertiary/aromatic N) is 2. The Labute approximate surface area is 179 Å². The highest BCUT2D eigenvalue weighted by molar-refractivity contribution is 7.92. The molecule has 3 rings (SSSR count). The Bertz CT molecular complexity index is 981. The smallest absolute Gasteiger partial charge is 0.241 e. The summed E-state index contributed by atoms with van der Waals surface area (Å²) in [6.45, 7) is 6.20. The van der Waals surface area contributed by atoms with E-state index < -0.39 is 10.0 Å². The second kappa shape index (κ2) is 9.51. The van der Waals surface area contributed by atoms with E-state index in [1.54, 1.807) is 12.1 Å². The molecule has 0 radical (unpaired) electrons. The van der Waals surface area contributed by atoms with Crippen LogP contribution in [0.5, 0.6) is 0 Å². The van der Waals surface area contributed by atoms with Crippen molar-refractivity contribution in [3.63, 3.8) is 0 Å². The average molecular weight is 430 g/mol. The van der Waals surface area contributed by atoms with E-state index in [9.17, 15) is 13.2 Å². The summed E-state index contributed by atoms with van der Waals surface area (Å²) < 4.78 is 25.7. The quantitative estimate of drug-likeness (QED) is 0.733. The maximum Gasteiger partial charge on any atom is 0.241 e. The molecule has 30 heavy (non-hydrogen) atoms. The normalized spacial score (nSPS) is 14.4. The molecule has 1 heterocycles. The van der Waals surface area contributed by atoms with Gasteiger partial charge in [-0.25, -0.2) is 8.42 Å². The van der Waals surface area contributed by atoms with Crippen molar-refractivity contribution in [1.29, 1.82) is 0 Å². The molecule has 7 heteroatoms. The van der Waals surface area contributed by atoms with Gasteiger partial charge in [-0.1, -0.05) is 18.2 Å². The fourth-order valence-corrected chi connectivity index (χ4v) is 4.49. The molecule has 1 saturated heterocycles. The number of piperidine rings is 1. The Hall–Kier alpha value is -2.54. The largest absolute Gasteiger partial charge is 0.372 e. The molecule has 1 fully saturated rings. The van der Waals surface area contributed by atoms with E-state index in [1.165, 1.54) is 24.9 Å². The second-order valence-electron chi connectivity index (χ2n) is 8.03. The number of aryl methyl sites for hydroxylation is 2. The van der Waals surface area contributed by atoms with Crippen molar-refractivity contribution in [1.82, 2.24) is 5.32 Å². The summed E-state index contributed by atoms with van der Waals surface area (Å²) in [6, 6.07) is 13.6. The molecule has 0 aliphatic carbocycles. The summed E-state index contributed by atoms with van der Waals surface area (Å²) in [5.74, 6) is -0.334. The molecule has 1 amide bonds. The van der Waals surface area contributed by atoms with Gasteiger partial charge < -0.3 is 10.2 Å². The fourth-order valence-electron chi connectivity index (χ4n) is 3.64. The topological polar surface area (TPSA) is 69.7 Å². The van der Waals surface area contributed by atoms with Crippen molar-refractivity contribution >= 4 is 27.3 Å². The molecule has 0 bridgehead atoms. The number of amides is 1. The van der Waals surface area contributed by atoms with Crippen LogP contribution in [-0.2, 0) is 21.4 Å². The monoisotopic (exact) mass is 429 g/mol. The Balaban J connectivity index is 1.61. The van der Waals surface area contributed by atoms with Gasteiger partial charge in [0.1, 0.15) is 6.54 Å². The molecule has 0 spiro atoms. The van der Waals surface area contributed by atoms with Crippen LogP contribution in [0, 0.1) is 13.8 Å². The number of rotatable bonds is 7. The van der Waals surface area contributed by atoms with Gasteiger partial charge in [0.15, 0.2) is 0 Å². The van der Waals surface area contributed by atoms with Crippen LogP contribution in [0.25, 0.3) is 0 Å². The third-order valence-corrected chi connectivity index (χ3v) is 6.75. The van der Waals surface area contributed by atoms with Crippen LogP contribution < -0.4 is 14.5 Å². The summed E-state index contributed by atoms with van der Waals surface area (Å²) in [7, 11) is -3.58. The summed E-state index contributed by atoms with van der Waals surface area (Å²) >= 11 is 0. The first kappa shape index (κ1) is 22.2. The highest BCUT2D eigenvalue weighted by atomic mass is 32.2. The number of carbonyl (C=O) groups is 1. The molecule has 1 aliphatic rings. The third-order valence-electron chi connectivity index (χ3n) is 5.61. The molecular weight excluding hydrogens is 398 g/mol. The predicted molar refractivity (Wildman–Crippen MR) is 122 cm³/mol. The molecule has 1 N–H and O–H groups in total. The van der Waals surface area contributed by atoms with Crippen molar-refractivity contribution in [3.8, 4) is 0 Å². The highest BCUT2D eigenvalue weighted by Crippen LogP contribution is 2.22. The minimum atomic E-state index is -3.58. The Morgan fingerprint density at radius 3 is 2.27 bits per heavy atom. The Morgan fingerprint density at radius 2 is 1.67 bits per heavy atom. The molecule has 0 saturated carbocycles.